The number of benzene rings is 2. The second-order valence-corrected chi connectivity index (χ2v) is 7.59. The van der Waals surface area contributed by atoms with Crippen LogP contribution < -0.4 is 0 Å². The Morgan fingerprint density at radius 1 is 1.17 bits per heavy atom. The molecule has 1 aromatic heterocycles. The molecule has 4 nitrogen and oxygen atoms in total. The monoisotopic (exact) mass is 409 g/mol. The predicted octanol–water partition coefficient (Wildman–Crippen LogP) is 6.00. The third-order valence-corrected chi connectivity index (χ3v) is 5.28. The van der Waals surface area contributed by atoms with Gasteiger partial charge in [-0.15, -0.1) is 0 Å². The third kappa shape index (κ3) is 3.99. The number of nitrogens with zero attached hydrogens (tertiary/aromatic N) is 1. The highest BCUT2D eigenvalue weighted by atomic mass is 35.5. The summed E-state index contributed by atoms with van der Waals surface area (Å²) in [6, 6.07) is 12.9. The third-order valence-electron chi connectivity index (χ3n) is 4.91. The molecule has 5 heteroatoms. The lowest BCUT2D eigenvalue weighted by Crippen LogP contribution is -2.10. The Hall–Kier alpha value is -2.85. The molecule has 0 bridgehead atoms. The molecule has 0 aliphatic rings. The minimum atomic E-state index is -0.415. The maximum atomic E-state index is 13.1. The van der Waals surface area contributed by atoms with E-state index in [0.29, 0.717) is 22.7 Å². The molecule has 150 valence electrons. The highest BCUT2D eigenvalue weighted by molar-refractivity contribution is 6.31. The molecule has 0 saturated heterocycles. The zero-order valence-electron chi connectivity index (χ0n) is 17.0. The summed E-state index contributed by atoms with van der Waals surface area (Å²) in [6.45, 7) is 6.18. The molecule has 3 aromatic rings. The zero-order valence-corrected chi connectivity index (χ0v) is 17.8. The smallest absolute Gasteiger partial charge is 0.337 e. The number of fused-ring (bicyclic) bond motifs is 1. The first-order valence-electron chi connectivity index (χ1n) is 9.53. The van der Waals surface area contributed by atoms with Crippen LogP contribution in [0.5, 0.6) is 0 Å². The average Bonchev–Trinajstić information content (AvgIpc) is 3.01. The van der Waals surface area contributed by atoms with Crippen LogP contribution in [0.2, 0.25) is 5.02 Å². The molecule has 0 spiro atoms. The van der Waals surface area contributed by atoms with Crippen molar-refractivity contribution in [2.24, 2.45) is 5.92 Å². The van der Waals surface area contributed by atoms with Gasteiger partial charge in [-0.3, -0.25) is 4.79 Å². The zero-order chi connectivity index (χ0) is 21.1. The van der Waals surface area contributed by atoms with Crippen molar-refractivity contribution in [2.45, 2.75) is 27.3 Å². The van der Waals surface area contributed by atoms with Gasteiger partial charge in [0.15, 0.2) is 5.78 Å². The van der Waals surface area contributed by atoms with Crippen LogP contribution in [0.4, 0.5) is 0 Å². The number of carbonyl (C=O) groups is 2. The van der Waals surface area contributed by atoms with Gasteiger partial charge in [0, 0.05) is 22.9 Å². The van der Waals surface area contributed by atoms with E-state index in [4.69, 9.17) is 16.3 Å². The van der Waals surface area contributed by atoms with E-state index in [1.54, 1.807) is 12.1 Å². The Balaban J connectivity index is 2.35. The van der Waals surface area contributed by atoms with Crippen LogP contribution in [-0.4, -0.2) is 23.4 Å². The normalized spacial score (nSPS) is 11.5. The van der Waals surface area contributed by atoms with Gasteiger partial charge < -0.3 is 9.30 Å². The van der Waals surface area contributed by atoms with Crippen LogP contribution in [0.25, 0.3) is 17.0 Å². The first kappa shape index (κ1) is 20.9. The molecule has 0 N–H and O–H groups in total. The molecule has 3 rings (SSSR count). The molecule has 29 heavy (non-hydrogen) atoms. The highest BCUT2D eigenvalue weighted by Gasteiger charge is 2.24. The fraction of sp³-hybridized carbons (Fsp3) is 0.250. The van der Waals surface area contributed by atoms with Gasteiger partial charge in [-0.25, -0.2) is 4.79 Å². The number of aromatic nitrogens is 1. The van der Waals surface area contributed by atoms with Crippen LogP contribution >= 0.6 is 11.6 Å². The molecule has 0 unspecified atom stereocenters. The van der Waals surface area contributed by atoms with E-state index in [-0.39, 0.29) is 11.7 Å². The molecular formula is C24H24ClNO3. The molecule has 0 atom stereocenters. The quantitative estimate of drug-likeness (QED) is 0.370. The van der Waals surface area contributed by atoms with E-state index < -0.39 is 5.97 Å². The second kappa shape index (κ2) is 8.66. The SMILES string of the molecule is CC=Cc1c(C(=O)C(C)C)c2ccc(C(=O)OC)cc2n1Cc1ccccc1Cl. The molecule has 0 amide bonds. The first-order chi connectivity index (χ1) is 13.9. The van der Waals surface area contributed by atoms with Gasteiger partial charge in [0.25, 0.3) is 0 Å². The summed E-state index contributed by atoms with van der Waals surface area (Å²) in [5.74, 6) is -0.507. The van der Waals surface area contributed by atoms with E-state index >= 15 is 0 Å². The maximum Gasteiger partial charge on any atom is 0.337 e. The number of rotatable bonds is 6. The number of hydrogen-bond donors (Lipinski definition) is 0. The Morgan fingerprint density at radius 3 is 2.52 bits per heavy atom. The van der Waals surface area contributed by atoms with Crippen molar-refractivity contribution in [1.29, 1.82) is 0 Å². The minimum Gasteiger partial charge on any atom is -0.465 e. The number of ketones is 1. The fourth-order valence-electron chi connectivity index (χ4n) is 3.46. The van der Waals surface area contributed by atoms with E-state index in [1.165, 1.54) is 7.11 Å². The molecule has 0 radical (unpaired) electrons. The molecular weight excluding hydrogens is 386 g/mol. The number of esters is 1. The van der Waals surface area contributed by atoms with Crippen molar-refractivity contribution < 1.29 is 14.3 Å². The number of carbonyl (C=O) groups excluding carboxylic acids is 2. The number of halogens is 1. The molecule has 0 saturated carbocycles. The first-order valence-corrected chi connectivity index (χ1v) is 9.91. The van der Waals surface area contributed by atoms with Crippen molar-refractivity contribution in [3.63, 3.8) is 0 Å². The second-order valence-electron chi connectivity index (χ2n) is 7.18. The number of methoxy groups -OCH3 is 1. The summed E-state index contributed by atoms with van der Waals surface area (Å²) in [4.78, 5) is 25.2. The van der Waals surface area contributed by atoms with Crippen molar-refractivity contribution >= 4 is 40.3 Å². The summed E-state index contributed by atoms with van der Waals surface area (Å²) < 4.78 is 6.92. The van der Waals surface area contributed by atoms with Crippen LogP contribution in [0.3, 0.4) is 0 Å². The topological polar surface area (TPSA) is 48.3 Å². The standard InChI is InChI=1S/C24H24ClNO3/c1-5-8-20-22(23(27)15(2)3)18-12-11-16(24(28)29-4)13-21(18)26(20)14-17-9-6-7-10-19(17)25/h5-13,15H,14H2,1-4H3. The van der Waals surface area contributed by atoms with Gasteiger partial charge >= 0.3 is 5.97 Å². The molecule has 0 aliphatic heterocycles. The molecule has 1 heterocycles. The Kier molecular flexibility index (Phi) is 6.23. The van der Waals surface area contributed by atoms with Gasteiger partial charge in [0.2, 0.25) is 0 Å². The van der Waals surface area contributed by atoms with E-state index in [1.807, 2.05) is 67.8 Å². The molecule has 0 fully saturated rings. The molecule has 2 aromatic carbocycles. The lowest BCUT2D eigenvalue weighted by molar-refractivity contribution is 0.0600. The minimum absolute atomic E-state index is 0.0619. The summed E-state index contributed by atoms with van der Waals surface area (Å²) in [7, 11) is 1.36. The number of Topliss-reactive ketones (excluding diaryl/α,β-unsaturated/α-hetero) is 1. The molecule has 0 aliphatic carbocycles. The van der Waals surface area contributed by atoms with Crippen LogP contribution in [0.1, 0.15) is 52.7 Å². The fourth-order valence-corrected chi connectivity index (χ4v) is 3.66. The number of hydrogen-bond acceptors (Lipinski definition) is 3. The summed E-state index contributed by atoms with van der Waals surface area (Å²) in [6.07, 6.45) is 3.85. The van der Waals surface area contributed by atoms with Crippen molar-refractivity contribution in [3.8, 4) is 0 Å². The Bertz CT molecular complexity index is 1110. The maximum absolute atomic E-state index is 13.1. The summed E-state index contributed by atoms with van der Waals surface area (Å²) in [5.41, 5.74) is 3.64. The Morgan fingerprint density at radius 2 is 1.90 bits per heavy atom. The van der Waals surface area contributed by atoms with E-state index in [0.717, 1.165) is 22.2 Å². The Labute approximate surface area is 175 Å². The van der Waals surface area contributed by atoms with Gasteiger partial charge in [-0.05, 0) is 36.8 Å². The van der Waals surface area contributed by atoms with Gasteiger partial charge in [-0.2, -0.15) is 0 Å². The number of ether oxygens (including phenoxy) is 1. The van der Waals surface area contributed by atoms with Crippen molar-refractivity contribution in [2.75, 3.05) is 7.11 Å². The largest absolute Gasteiger partial charge is 0.465 e. The summed E-state index contributed by atoms with van der Waals surface area (Å²) >= 11 is 6.41. The highest BCUT2D eigenvalue weighted by Crippen LogP contribution is 2.32. The van der Waals surface area contributed by atoms with Crippen LogP contribution in [-0.2, 0) is 11.3 Å². The van der Waals surface area contributed by atoms with Crippen molar-refractivity contribution in [1.82, 2.24) is 4.57 Å². The van der Waals surface area contributed by atoms with Crippen LogP contribution in [0, 0.1) is 5.92 Å². The lowest BCUT2D eigenvalue weighted by atomic mass is 9.97. The van der Waals surface area contributed by atoms with E-state index in [9.17, 15) is 9.59 Å². The van der Waals surface area contributed by atoms with E-state index in [2.05, 4.69) is 0 Å². The average molecular weight is 410 g/mol. The van der Waals surface area contributed by atoms with Crippen molar-refractivity contribution in [3.05, 3.63) is 75.9 Å². The predicted molar refractivity (Wildman–Crippen MR) is 118 cm³/mol. The number of allylic oxidation sites excluding steroid dienone is 1. The van der Waals surface area contributed by atoms with Gasteiger partial charge in [-0.1, -0.05) is 55.8 Å². The van der Waals surface area contributed by atoms with Crippen LogP contribution in [0.15, 0.2) is 48.5 Å². The van der Waals surface area contributed by atoms with Gasteiger partial charge in [0.05, 0.1) is 29.4 Å². The lowest BCUT2D eigenvalue weighted by Gasteiger charge is -2.12. The van der Waals surface area contributed by atoms with Gasteiger partial charge in [0.1, 0.15) is 0 Å². The summed E-state index contributed by atoms with van der Waals surface area (Å²) in [5, 5.41) is 1.47.